The van der Waals surface area contributed by atoms with Crippen molar-refractivity contribution >= 4 is 17.6 Å². The molecule has 1 aromatic heterocycles. The third kappa shape index (κ3) is 4.94. The Labute approximate surface area is 179 Å². The highest BCUT2D eigenvalue weighted by atomic mass is 16.5. The summed E-state index contributed by atoms with van der Waals surface area (Å²) >= 11 is 0. The van der Waals surface area contributed by atoms with Crippen LogP contribution in [0.1, 0.15) is 65.5 Å². The van der Waals surface area contributed by atoms with Crippen molar-refractivity contribution in [1.82, 2.24) is 4.57 Å². The van der Waals surface area contributed by atoms with Crippen molar-refractivity contribution in [3.8, 4) is 0 Å². The van der Waals surface area contributed by atoms with Crippen molar-refractivity contribution in [1.29, 1.82) is 0 Å². The zero-order valence-corrected chi connectivity index (χ0v) is 18.9. The van der Waals surface area contributed by atoms with Crippen LogP contribution < -0.4 is 5.32 Å². The number of esters is 1. The van der Waals surface area contributed by atoms with E-state index in [0.29, 0.717) is 18.1 Å². The third-order valence-electron chi connectivity index (χ3n) is 6.50. The smallest absolute Gasteiger partial charge is 0.339 e. The van der Waals surface area contributed by atoms with E-state index in [1.54, 1.807) is 0 Å². The molecule has 5 nitrogen and oxygen atoms in total. The van der Waals surface area contributed by atoms with Gasteiger partial charge in [-0.05, 0) is 95.5 Å². The zero-order chi connectivity index (χ0) is 21.8. The molecule has 1 N–H and O–H groups in total. The van der Waals surface area contributed by atoms with Crippen molar-refractivity contribution in [2.45, 2.75) is 66.8 Å². The van der Waals surface area contributed by atoms with E-state index in [1.807, 2.05) is 45.0 Å². The molecule has 30 heavy (non-hydrogen) atoms. The molecule has 1 saturated carbocycles. The molecule has 162 valence electrons. The largest absolute Gasteiger partial charge is 0.462 e. The normalized spacial score (nSPS) is 18.8. The predicted octanol–water partition coefficient (Wildman–Crippen LogP) is 5.34. The van der Waals surface area contributed by atoms with Crippen molar-refractivity contribution in [2.24, 2.45) is 11.8 Å². The molecule has 1 aromatic carbocycles. The van der Waals surface area contributed by atoms with Crippen LogP contribution in [0.4, 0.5) is 5.69 Å². The maximum Gasteiger partial charge on any atom is 0.339 e. The fourth-order valence-electron chi connectivity index (χ4n) is 4.43. The zero-order valence-electron chi connectivity index (χ0n) is 18.9. The SMILES string of the molecule is CCOC(=O)c1cc(C)n(CC2CCC(C(=O)Nc3ccc(C)c(C)c3)CC2)c1C. The number of benzene rings is 1. The molecule has 0 unspecified atom stereocenters. The van der Waals surface area contributed by atoms with Gasteiger partial charge < -0.3 is 14.6 Å². The summed E-state index contributed by atoms with van der Waals surface area (Å²) < 4.78 is 7.40. The van der Waals surface area contributed by atoms with Crippen LogP contribution in [0.3, 0.4) is 0 Å². The summed E-state index contributed by atoms with van der Waals surface area (Å²) in [6, 6.07) is 7.99. The summed E-state index contributed by atoms with van der Waals surface area (Å²) in [5, 5.41) is 3.09. The molecule has 1 aliphatic carbocycles. The number of rotatable bonds is 6. The lowest BCUT2D eigenvalue weighted by molar-refractivity contribution is -0.121. The van der Waals surface area contributed by atoms with Gasteiger partial charge in [-0.3, -0.25) is 4.79 Å². The molecule has 0 atom stereocenters. The van der Waals surface area contributed by atoms with E-state index in [2.05, 4.69) is 23.7 Å². The van der Waals surface area contributed by atoms with Gasteiger partial charge in [0.25, 0.3) is 0 Å². The minimum absolute atomic E-state index is 0.0739. The summed E-state index contributed by atoms with van der Waals surface area (Å²) in [4.78, 5) is 24.9. The van der Waals surface area contributed by atoms with Crippen LogP contribution >= 0.6 is 0 Å². The van der Waals surface area contributed by atoms with E-state index in [4.69, 9.17) is 4.74 Å². The second-order valence-electron chi connectivity index (χ2n) is 8.62. The Bertz CT molecular complexity index is 921. The van der Waals surface area contributed by atoms with E-state index in [-0.39, 0.29) is 17.8 Å². The Balaban J connectivity index is 1.56. The maximum atomic E-state index is 12.7. The number of hydrogen-bond acceptors (Lipinski definition) is 3. The van der Waals surface area contributed by atoms with Crippen LogP contribution in [0.2, 0.25) is 0 Å². The molecule has 0 bridgehead atoms. The Morgan fingerprint density at radius 2 is 1.73 bits per heavy atom. The minimum Gasteiger partial charge on any atom is -0.462 e. The number of nitrogens with zero attached hydrogens (tertiary/aromatic N) is 1. The molecule has 1 aliphatic rings. The molecule has 1 fully saturated rings. The molecule has 0 spiro atoms. The molecule has 1 amide bonds. The second-order valence-corrected chi connectivity index (χ2v) is 8.62. The van der Waals surface area contributed by atoms with Crippen molar-refractivity contribution in [3.05, 3.63) is 52.3 Å². The number of carbonyl (C=O) groups is 2. The number of anilines is 1. The van der Waals surface area contributed by atoms with E-state index >= 15 is 0 Å². The highest BCUT2D eigenvalue weighted by Crippen LogP contribution is 2.32. The summed E-state index contributed by atoms with van der Waals surface area (Å²) in [5.74, 6) is 0.485. The third-order valence-corrected chi connectivity index (χ3v) is 6.50. The Kier molecular flexibility index (Phi) is 7.01. The maximum absolute atomic E-state index is 12.7. The molecule has 0 radical (unpaired) electrons. The first-order valence-corrected chi connectivity index (χ1v) is 11.0. The first kappa shape index (κ1) is 22.1. The van der Waals surface area contributed by atoms with Gasteiger partial charge in [-0.15, -0.1) is 0 Å². The number of aromatic nitrogens is 1. The van der Waals surface area contributed by atoms with E-state index < -0.39 is 0 Å². The van der Waals surface area contributed by atoms with Crippen LogP contribution in [0.15, 0.2) is 24.3 Å². The Morgan fingerprint density at radius 1 is 1.03 bits per heavy atom. The van der Waals surface area contributed by atoms with Crippen LogP contribution in [0.5, 0.6) is 0 Å². The van der Waals surface area contributed by atoms with Gasteiger partial charge in [0.2, 0.25) is 5.91 Å². The standard InChI is InChI=1S/C25H34N2O3/c1-6-30-25(29)23-14-18(4)27(19(23)5)15-20-8-10-21(11-9-20)24(28)26-22-12-7-16(2)17(3)13-22/h7,12-14,20-21H,6,8-11,15H2,1-5H3,(H,26,28). The van der Waals surface area contributed by atoms with Crippen LogP contribution in [-0.4, -0.2) is 23.1 Å². The first-order valence-electron chi connectivity index (χ1n) is 11.0. The average molecular weight is 411 g/mol. The number of ether oxygens (including phenoxy) is 1. The highest BCUT2D eigenvalue weighted by Gasteiger charge is 2.27. The molecule has 0 saturated heterocycles. The van der Waals surface area contributed by atoms with Crippen molar-refractivity contribution < 1.29 is 14.3 Å². The number of nitrogens with one attached hydrogen (secondary N) is 1. The van der Waals surface area contributed by atoms with Gasteiger partial charge in [-0.2, -0.15) is 0 Å². The summed E-state index contributed by atoms with van der Waals surface area (Å²) in [6.07, 6.45) is 3.87. The Hall–Kier alpha value is -2.56. The van der Waals surface area contributed by atoms with Gasteiger partial charge in [0.05, 0.1) is 12.2 Å². The molecule has 2 aromatic rings. The van der Waals surface area contributed by atoms with E-state index in [9.17, 15) is 9.59 Å². The lowest BCUT2D eigenvalue weighted by atomic mass is 9.81. The van der Waals surface area contributed by atoms with Gasteiger partial charge in [0, 0.05) is 29.5 Å². The molecule has 0 aliphatic heterocycles. The second kappa shape index (κ2) is 9.50. The minimum atomic E-state index is -0.247. The average Bonchev–Trinajstić information content (AvgIpc) is 3.00. The molecule has 1 heterocycles. The topological polar surface area (TPSA) is 60.3 Å². The molecule has 3 rings (SSSR count). The van der Waals surface area contributed by atoms with Gasteiger partial charge in [0.1, 0.15) is 0 Å². The van der Waals surface area contributed by atoms with E-state index in [0.717, 1.165) is 49.3 Å². The Morgan fingerprint density at radius 3 is 2.37 bits per heavy atom. The molecule has 5 heteroatoms. The fourth-order valence-corrected chi connectivity index (χ4v) is 4.43. The monoisotopic (exact) mass is 410 g/mol. The number of amides is 1. The highest BCUT2D eigenvalue weighted by molar-refractivity contribution is 5.92. The van der Waals surface area contributed by atoms with Gasteiger partial charge in [0.15, 0.2) is 0 Å². The molecular formula is C25H34N2O3. The van der Waals surface area contributed by atoms with Crippen molar-refractivity contribution in [2.75, 3.05) is 11.9 Å². The fraction of sp³-hybridized carbons (Fsp3) is 0.520. The molecular weight excluding hydrogens is 376 g/mol. The van der Waals surface area contributed by atoms with Crippen LogP contribution in [0, 0.1) is 39.5 Å². The van der Waals surface area contributed by atoms with Crippen LogP contribution in [-0.2, 0) is 16.1 Å². The quantitative estimate of drug-likeness (QED) is 0.654. The summed E-state index contributed by atoms with van der Waals surface area (Å²) in [6.45, 7) is 11.3. The van der Waals surface area contributed by atoms with Gasteiger partial charge in [-0.25, -0.2) is 4.79 Å². The number of aryl methyl sites for hydroxylation is 3. The predicted molar refractivity (Wildman–Crippen MR) is 120 cm³/mol. The number of hydrogen-bond donors (Lipinski definition) is 1. The summed E-state index contributed by atoms with van der Waals surface area (Å²) in [7, 11) is 0. The lowest BCUT2D eigenvalue weighted by Crippen LogP contribution is -2.28. The number of carbonyl (C=O) groups excluding carboxylic acids is 2. The van der Waals surface area contributed by atoms with Gasteiger partial charge in [-0.1, -0.05) is 6.07 Å². The van der Waals surface area contributed by atoms with Crippen molar-refractivity contribution in [3.63, 3.8) is 0 Å². The first-order chi connectivity index (χ1) is 14.3. The van der Waals surface area contributed by atoms with Crippen LogP contribution in [0.25, 0.3) is 0 Å². The van der Waals surface area contributed by atoms with Gasteiger partial charge >= 0.3 is 5.97 Å². The summed E-state index contributed by atoms with van der Waals surface area (Å²) in [5.41, 5.74) is 6.03. The van der Waals surface area contributed by atoms with E-state index in [1.165, 1.54) is 11.1 Å². The lowest BCUT2D eigenvalue weighted by Gasteiger charge is -2.29.